The molecule has 0 aromatic carbocycles. The highest BCUT2D eigenvalue weighted by Crippen LogP contribution is 2.31. The Hall–Kier alpha value is -0.570. The van der Waals surface area contributed by atoms with Gasteiger partial charge in [0, 0.05) is 6.54 Å². The van der Waals surface area contributed by atoms with Crippen LogP contribution in [0.25, 0.3) is 0 Å². The Morgan fingerprint density at radius 2 is 1.65 bits per heavy atom. The molecule has 1 N–H and O–H groups in total. The van der Waals surface area contributed by atoms with Crippen LogP contribution in [0.4, 0.5) is 0 Å². The minimum absolute atomic E-state index is 0.515. The maximum absolute atomic E-state index is 11.7. The topological polar surface area (TPSA) is 40.5 Å². The Kier molecular flexibility index (Phi) is 5.44. The van der Waals surface area contributed by atoms with Crippen LogP contribution in [0, 0.1) is 5.92 Å². The van der Waals surface area contributed by atoms with Crippen molar-refractivity contribution in [2.75, 3.05) is 13.6 Å². The number of carbonyl (C=O) groups is 1. The molecule has 0 heterocycles. The minimum Gasteiger partial charge on any atom is -0.480 e. The lowest BCUT2D eigenvalue weighted by atomic mass is 9.82. The molecule has 1 aliphatic rings. The third-order valence-electron chi connectivity index (χ3n) is 3.95. The molecular formula is C14H27NO2. The maximum Gasteiger partial charge on any atom is 0.324 e. The van der Waals surface area contributed by atoms with Crippen molar-refractivity contribution in [3.63, 3.8) is 0 Å². The van der Waals surface area contributed by atoms with Crippen LogP contribution in [0.1, 0.15) is 58.8 Å². The molecule has 3 nitrogen and oxygen atoms in total. The lowest BCUT2D eigenvalue weighted by Gasteiger charge is -2.40. The van der Waals surface area contributed by atoms with Crippen molar-refractivity contribution >= 4 is 5.97 Å². The normalized spacial score (nSPS) is 21.2. The van der Waals surface area contributed by atoms with Crippen molar-refractivity contribution in [3.8, 4) is 0 Å². The fraction of sp³-hybridized carbons (Fsp3) is 0.929. The van der Waals surface area contributed by atoms with Crippen molar-refractivity contribution in [1.82, 2.24) is 4.90 Å². The fourth-order valence-electron chi connectivity index (χ4n) is 2.97. The van der Waals surface area contributed by atoms with Crippen molar-refractivity contribution in [1.29, 1.82) is 0 Å². The van der Waals surface area contributed by atoms with Crippen LogP contribution >= 0.6 is 0 Å². The van der Waals surface area contributed by atoms with Gasteiger partial charge in [0.15, 0.2) is 0 Å². The SMILES string of the molecule is CC(C)CN(C)C1(C(=O)O)CCCCCCC1. The van der Waals surface area contributed by atoms with Crippen molar-refractivity contribution in [2.24, 2.45) is 5.92 Å². The summed E-state index contributed by atoms with van der Waals surface area (Å²) in [5.41, 5.74) is -0.606. The number of nitrogens with zero attached hydrogens (tertiary/aromatic N) is 1. The highest BCUT2D eigenvalue weighted by atomic mass is 16.4. The van der Waals surface area contributed by atoms with E-state index in [4.69, 9.17) is 0 Å². The molecule has 0 unspecified atom stereocenters. The average Bonchev–Trinajstić information content (AvgIpc) is 2.15. The number of likely N-dealkylation sites (N-methyl/N-ethyl adjacent to an activating group) is 1. The molecule has 0 amide bonds. The Morgan fingerprint density at radius 3 is 2.06 bits per heavy atom. The molecule has 0 radical (unpaired) electrons. The maximum atomic E-state index is 11.7. The van der Waals surface area contributed by atoms with E-state index < -0.39 is 11.5 Å². The van der Waals surface area contributed by atoms with E-state index in [1.54, 1.807) is 0 Å². The molecular weight excluding hydrogens is 214 g/mol. The van der Waals surface area contributed by atoms with Crippen molar-refractivity contribution in [2.45, 2.75) is 64.3 Å². The summed E-state index contributed by atoms with van der Waals surface area (Å²) in [6.07, 6.45) is 7.36. The number of rotatable bonds is 4. The standard InChI is InChI=1S/C14H27NO2/c1-12(2)11-15(3)14(13(16)17)9-7-5-4-6-8-10-14/h12H,4-11H2,1-3H3,(H,16,17). The molecule has 0 saturated heterocycles. The van der Waals surface area contributed by atoms with Crippen molar-refractivity contribution < 1.29 is 9.90 Å². The predicted molar refractivity (Wildman–Crippen MR) is 70.2 cm³/mol. The molecule has 100 valence electrons. The van der Waals surface area contributed by atoms with E-state index in [2.05, 4.69) is 18.7 Å². The Morgan fingerprint density at radius 1 is 1.18 bits per heavy atom. The van der Waals surface area contributed by atoms with Gasteiger partial charge in [-0.15, -0.1) is 0 Å². The van der Waals surface area contributed by atoms with E-state index in [9.17, 15) is 9.90 Å². The van der Waals surface area contributed by atoms with E-state index in [1.807, 2.05) is 7.05 Å². The molecule has 1 rings (SSSR count). The van der Waals surface area contributed by atoms with E-state index in [1.165, 1.54) is 19.3 Å². The molecule has 0 bridgehead atoms. The lowest BCUT2D eigenvalue weighted by Crippen LogP contribution is -2.54. The van der Waals surface area contributed by atoms with Gasteiger partial charge in [0.25, 0.3) is 0 Å². The monoisotopic (exact) mass is 241 g/mol. The molecule has 0 aliphatic heterocycles. The third-order valence-corrected chi connectivity index (χ3v) is 3.95. The lowest BCUT2D eigenvalue weighted by molar-refractivity contribution is -0.152. The average molecular weight is 241 g/mol. The highest BCUT2D eigenvalue weighted by Gasteiger charge is 2.41. The molecule has 1 saturated carbocycles. The second-order valence-electron chi connectivity index (χ2n) is 5.88. The summed E-state index contributed by atoms with van der Waals surface area (Å²) in [5.74, 6) is -0.107. The van der Waals surface area contributed by atoms with Crippen LogP contribution in [0.3, 0.4) is 0 Å². The van der Waals surface area contributed by atoms with Gasteiger partial charge in [-0.2, -0.15) is 0 Å². The van der Waals surface area contributed by atoms with Crippen molar-refractivity contribution in [3.05, 3.63) is 0 Å². The quantitative estimate of drug-likeness (QED) is 0.822. The zero-order valence-electron chi connectivity index (χ0n) is 11.5. The van der Waals surface area contributed by atoms with Crippen LogP contribution in [-0.4, -0.2) is 35.1 Å². The molecule has 0 atom stereocenters. The zero-order chi connectivity index (χ0) is 12.9. The first kappa shape index (κ1) is 14.5. The summed E-state index contributed by atoms with van der Waals surface area (Å²) in [6, 6.07) is 0. The van der Waals surface area contributed by atoms with E-state index in [0.29, 0.717) is 5.92 Å². The van der Waals surface area contributed by atoms with E-state index >= 15 is 0 Å². The summed E-state index contributed by atoms with van der Waals surface area (Å²) in [5, 5.41) is 9.65. The van der Waals surface area contributed by atoms with Gasteiger partial charge in [-0.25, -0.2) is 0 Å². The second kappa shape index (κ2) is 6.39. The van der Waals surface area contributed by atoms with E-state index in [0.717, 1.165) is 32.2 Å². The number of aliphatic carboxylic acids is 1. The van der Waals surface area contributed by atoms with Gasteiger partial charge in [0.2, 0.25) is 0 Å². The van der Waals surface area contributed by atoms with Gasteiger partial charge in [-0.1, -0.05) is 46.0 Å². The van der Waals surface area contributed by atoms with Crippen LogP contribution in [-0.2, 0) is 4.79 Å². The van der Waals surface area contributed by atoms with Gasteiger partial charge in [-0.05, 0) is 25.8 Å². The molecule has 0 aromatic heterocycles. The third kappa shape index (κ3) is 3.70. The first-order valence-corrected chi connectivity index (χ1v) is 6.93. The smallest absolute Gasteiger partial charge is 0.324 e. The molecule has 1 fully saturated rings. The summed E-state index contributed by atoms with van der Waals surface area (Å²) < 4.78 is 0. The van der Waals surface area contributed by atoms with Crippen LogP contribution in [0.15, 0.2) is 0 Å². The largest absolute Gasteiger partial charge is 0.480 e. The van der Waals surface area contributed by atoms with Gasteiger partial charge in [0.05, 0.1) is 0 Å². The van der Waals surface area contributed by atoms with Crippen LogP contribution < -0.4 is 0 Å². The number of carboxylic acids is 1. The molecule has 0 aromatic rings. The van der Waals surface area contributed by atoms with Crippen LogP contribution in [0.5, 0.6) is 0 Å². The number of hydrogen-bond donors (Lipinski definition) is 1. The van der Waals surface area contributed by atoms with Gasteiger partial charge in [-0.3, -0.25) is 9.69 Å². The summed E-state index contributed by atoms with van der Waals surface area (Å²) in [4.78, 5) is 13.8. The number of hydrogen-bond acceptors (Lipinski definition) is 2. The van der Waals surface area contributed by atoms with Gasteiger partial charge < -0.3 is 5.11 Å². The summed E-state index contributed by atoms with van der Waals surface area (Å²) >= 11 is 0. The molecule has 0 spiro atoms. The first-order chi connectivity index (χ1) is 7.99. The summed E-state index contributed by atoms with van der Waals surface area (Å²) in [6.45, 7) is 5.16. The summed E-state index contributed by atoms with van der Waals surface area (Å²) in [7, 11) is 1.98. The van der Waals surface area contributed by atoms with Crippen LogP contribution in [0.2, 0.25) is 0 Å². The fourth-order valence-corrected chi connectivity index (χ4v) is 2.97. The Bertz CT molecular complexity index is 243. The van der Waals surface area contributed by atoms with E-state index in [-0.39, 0.29) is 0 Å². The number of carboxylic acid groups (broad SMARTS) is 1. The predicted octanol–water partition coefficient (Wildman–Crippen LogP) is 3.14. The second-order valence-corrected chi connectivity index (χ2v) is 5.88. The zero-order valence-corrected chi connectivity index (χ0v) is 11.5. The van der Waals surface area contributed by atoms with Gasteiger partial charge >= 0.3 is 5.97 Å². The minimum atomic E-state index is -0.623. The van der Waals surface area contributed by atoms with Gasteiger partial charge in [0.1, 0.15) is 5.54 Å². The molecule has 3 heteroatoms. The first-order valence-electron chi connectivity index (χ1n) is 6.93. The Balaban J connectivity index is 2.80. The highest BCUT2D eigenvalue weighted by molar-refractivity contribution is 5.78. The molecule has 17 heavy (non-hydrogen) atoms. The Labute approximate surface area is 105 Å². The molecule has 1 aliphatic carbocycles.